The largest absolute Gasteiger partial charge is 0.438 e. The normalized spacial score (nSPS) is 18.2. The number of benzene rings is 1. The predicted molar refractivity (Wildman–Crippen MR) is 101 cm³/mol. The Morgan fingerprint density at radius 3 is 2.96 bits per heavy atom. The van der Waals surface area contributed by atoms with Crippen LogP contribution in [0.5, 0.6) is 0 Å². The van der Waals surface area contributed by atoms with E-state index in [2.05, 4.69) is 20.7 Å². The standard InChI is InChI=1S/C20H23N5O2/c1-14(20-22-13-18(27-20)15-6-3-2-4-7-15)23-19(26)17-9-11-25(24-17)16-8-5-10-21-12-16/h2-4,6-7,9,11,13-14,16,21H,5,8,10,12H2,1H3,(H,23,26). The van der Waals surface area contributed by atoms with Gasteiger partial charge < -0.3 is 15.1 Å². The van der Waals surface area contributed by atoms with Crippen molar-refractivity contribution in [1.82, 2.24) is 25.4 Å². The highest BCUT2D eigenvalue weighted by atomic mass is 16.4. The molecule has 2 unspecified atom stereocenters. The number of piperidine rings is 1. The summed E-state index contributed by atoms with van der Waals surface area (Å²) >= 11 is 0. The number of hydrogen-bond donors (Lipinski definition) is 2. The van der Waals surface area contributed by atoms with Gasteiger partial charge in [-0.1, -0.05) is 30.3 Å². The lowest BCUT2D eigenvalue weighted by Gasteiger charge is -2.22. The first kappa shape index (κ1) is 17.5. The van der Waals surface area contributed by atoms with E-state index < -0.39 is 0 Å². The van der Waals surface area contributed by atoms with Crippen LogP contribution in [-0.2, 0) is 0 Å². The second-order valence-corrected chi connectivity index (χ2v) is 6.81. The average Bonchev–Trinajstić information content (AvgIpc) is 3.39. The number of nitrogens with one attached hydrogen (secondary N) is 2. The molecule has 4 rings (SSSR count). The van der Waals surface area contributed by atoms with Crippen LogP contribution < -0.4 is 10.6 Å². The van der Waals surface area contributed by atoms with Crippen LogP contribution in [0, 0.1) is 0 Å². The number of carbonyl (C=O) groups excluding carboxylic acids is 1. The minimum absolute atomic E-state index is 0.232. The molecule has 1 aromatic carbocycles. The van der Waals surface area contributed by atoms with E-state index in [1.54, 1.807) is 12.3 Å². The van der Waals surface area contributed by atoms with Gasteiger partial charge in [0.15, 0.2) is 5.76 Å². The van der Waals surface area contributed by atoms with Crippen molar-refractivity contribution in [1.29, 1.82) is 0 Å². The molecule has 1 fully saturated rings. The Morgan fingerprint density at radius 2 is 2.19 bits per heavy atom. The van der Waals surface area contributed by atoms with Gasteiger partial charge in [0.2, 0.25) is 5.89 Å². The molecule has 0 saturated carbocycles. The first-order valence-corrected chi connectivity index (χ1v) is 9.28. The fraction of sp³-hybridized carbons (Fsp3) is 0.350. The van der Waals surface area contributed by atoms with Gasteiger partial charge in [-0.25, -0.2) is 4.98 Å². The molecule has 1 saturated heterocycles. The summed E-state index contributed by atoms with van der Waals surface area (Å²) in [5, 5.41) is 10.7. The molecule has 0 spiro atoms. The van der Waals surface area contributed by atoms with Crippen LogP contribution >= 0.6 is 0 Å². The van der Waals surface area contributed by atoms with Crippen molar-refractivity contribution in [2.45, 2.75) is 31.8 Å². The zero-order valence-corrected chi connectivity index (χ0v) is 15.3. The molecule has 1 aliphatic rings. The van der Waals surface area contributed by atoms with Crippen LogP contribution in [-0.4, -0.2) is 33.8 Å². The average molecular weight is 365 g/mol. The molecule has 3 aromatic rings. The van der Waals surface area contributed by atoms with Gasteiger partial charge in [0, 0.05) is 18.3 Å². The molecule has 27 heavy (non-hydrogen) atoms. The van der Waals surface area contributed by atoms with Gasteiger partial charge in [0.1, 0.15) is 11.7 Å². The maximum Gasteiger partial charge on any atom is 0.272 e. The maximum absolute atomic E-state index is 12.5. The summed E-state index contributed by atoms with van der Waals surface area (Å²) in [6.07, 6.45) is 5.75. The lowest BCUT2D eigenvalue weighted by molar-refractivity contribution is 0.0928. The van der Waals surface area contributed by atoms with Crippen LogP contribution in [0.1, 0.15) is 48.2 Å². The summed E-state index contributed by atoms with van der Waals surface area (Å²) in [6, 6.07) is 11.5. The predicted octanol–water partition coefficient (Wildman–Crippen LogP) is 2.95. The van der Waals surface area contributed by atoms with Gasteiger partial charge in [0.25, 0.3) is 5.91 Å². The van der Waals surface area contributed by atoms with Gasteiger partial charge in [0.05, 0.1) is 12.2 Å². The molecule has 140 valence electrons. The lowest BCUT2D eigenvalue weighted by atomic mass is 10.1. The van der Waals surface area contributed by atoms with Crippen LogP contribution in [0.2, 0.25) is 0 Å². The van der Waals surface area contributed by atoms with Crippen molar-refractivity contribution in [3.63, 3.8) is 0 Å². The van der Waals surface area contributed by atoms with E-state index in [0.29, 0.717) is 23.4 Å². The quantitative estimate of drug-likeness (QED) is 0.726. The summed E-state index contributed by atoms with van der Waals surface area (Å²) in [4.78, 5) is 16.8. The summed E-state index contributed by atoms with van der Waals surface area (Å²) in [5.41, 5.74) is 1.36. The molecule has 2 atom stereocenters. The highest BCUT2D eigenvalue weighted by Crippen LogP contribution is 2.23. The fourth-order valence-electron chi connectivity index (χ4n) is 3.28. The van der Waals surface area contributed by atoms with Gasteiger partial charge in [-0.3, -0.25) is 9.48 Å². The number of carbonyl (C=O) groups is 1. The Hall–Kier alpha value is -2.93. The Morgan fingerprint density at radius 1 is 1.33 bits per heavy atom. The monoisotopic (exact) mass is 365 g/mol. The van der Waals surface area contributed by atoms with E-state index in [0.717, 1.165) is 31.5 Å². The maximum atomic E-state index is 12.5. The zero-order chi connectivity index (χ0) is 18.6. The molecule has 2 N–H and O–H groups in total. The van der Waals surface area contributed by atoms with Crippen LogP contribution in [0.15, 0.2) is 53.2 Å². The van der Waals surface area contributed by atoms with Crippen molar-refractivity contribution in [2.24, 2.45) is 0 Å². The third-order valence-corrected chi connectivity index (χ3v) is 4.79. The Labute approximate surface area is 157 Å². The van der Waals surface area contributed by atoms with Crippen molar-refractivity contribution in [3.05, 3.63) is 60.4 Å². The van der Waals surface area contributed by atoms with Crippen molar-refractivity contribution >= 4 is 5.91 Å². The molecule has 0 aliphatic carbocycles. The molecular weight excluding hydrogens is 342 g/mol. The second-order valence-electron chi connectivity index (χ2n) is 6.81. The molecule has 1 aliphatic heterocycles. The highest BCUT2D eigenvalue weighted by molar-refractivity contribution is 5.92. The smallest absolute Gasteiger partial charge is 0.272 e. The van der Waals surface area contributed by atoms with Gasteiger partial charge in [-0.15, -0.1) is 0 Å². The number of nitrogens with zero attached hydrogens (tertiary/aromatic N) is 3. The third kappa shape index (κ3) is 3.93. The van der Waals surface area contributed by atoms with E-state index in [-0.39, 0.29) is 11.9 Å². The summed E-state index contributed by atoms with van der Waals surface area (Å²) in [6.45, 7) is 3.78. The van der Waals surface area contributed by atoms with E-state index in [9.17, 15) is 4.79 Å². The zero-order valence-electron chi connectivity index (χ0n) is 15.3. The van der Waals surface area contributed by atoms with Gasteiger partial charge in [-0.05, 0) is 32.4 Å². The van der Waals surface area contributed by atoms with E-state index in [1.807, 2.05) is 48.1 Å². The fourth-order valence-corrected chi connectivity index (χ4v) is 3.28. The Bertz CT molecular complexity index is 896. The van der Waals surface area contributed by atoms with Crippen molar-refractivity contribution < 1.29 is 9.21 Å². The molecular formula is C20H23N5O2. The molecule has 3 heterocycles. The summed E-state index contributed by atoms with van der Waals surface area (Å²) in [5.74, 6) is 0.920. The molecule has 0 radical (unpaired) electrons. The van der Waals surface area contributed by atoms with Crippen molar-refractivity contribution in [2.75, 3.05) is 13.1 Å². The third-order valence-electron chi connectivity index (χ3n) is 4.79. The molecule has 7 nitrogen and oxygen atoms in total. The molecule has 2 aromatic heterocycles. The van der Waals surface area contributed by atoms with E-state index in [1.165, 1.54) is 0 Å². The minimum atomic E-state index is -0.351. The topological polar surface area (TPSA) is 85.0 Å². The molecule has 1 amide bonds. The van der Waals surface area contributed by atoms with Gasteiger partial charge in [-0.2, -0.15) is 5.10 Å². The molecule has 0 bridgehead atoms. The van der Waals surface area contributed by atoms with Crippen LogP contribution in [0.3, 0.4) is 0 Å². The number of hydrogen-bond acceptors (Lipinski definition) is 5. The Balaban J connectivity index is 1.41. The van der Waals surface area contributed by atoms with E-state index in [4.69, 9.17) is 4.42 Å². The SMILES string of the molecule is CC(NC(=O)c1ccn(C2CCCNC2)n1)c1ncc(-c2ccccc2)o1. The minimum Gasteiger partial charge on any atom is -0.438 e. The van der Waals surface area contributed by atoms with Crippen molar-refractivity contribution in [3.8, 4) is 11.3 Å². The van der Waals surface area contributed by atoms with Crippen LogP contribution in [0.25, 0.3) is 11.3 Å². The number of rotatable bonds is 5. The van der Waals surface area contributed by atoms with Gasteiger partial charge >= 0.3 is 0 Å². The lowest BCUT2D eigenvalue weighted by Crippen LogP contribution is -2.32. The second kappa shape index (κ2) is 7.75. The number of amides is 1. The number of oxazole rings is 1. The van der Waals surface area contributed by atoms with E-state index >= 15 is 0 Å². The molecule has 7 heteroatoms. The Kier molecular flexibility index (Phi) is 5.02. The van der Waals surface area contributed by atoms with Crippen LogP contribution in [0.4, 0.5) is 0 Å². The summed E-state index contributed by atoms with van der Waals surface area (Å²) in [7, 11) is 0. The first-order valence-electron chi connectivity index (χ1n) is 9.28. The number of aromatic nitrogens is 3. The highest BCUT2D eigenvalue weighted by Gasteiger charge is 2.20. The summed E-state index contributed by atoms with van der Waals surface area (Å²) < 4.78 is 7.69. The first-order chi connectivity index (χ1) is 13.2.